The smallest absolute Gasteiger partial charge is 0.308 e. The predicted octanol–water partition coefficient (Wildman–Crippen LogP) is 5.69. The number of nitrogens with zero attached hydrogens (tertiary/aromatic N) is 2. The van der Waals surface area contributed by atoms with E-state index in [-0.39, 0.29) is 42.6 Å². The van der Waals surface area contributed by atoms with Crippen LogP contribution in [0.4, 0.5) is 10.1 Å². The van der Waals surface area contributed by atoms with Crippen LogP contribution in [0.3, 0.4) is 0 Å². The van der Waals surface area contributed by atoms with Gasteiger partial charge in [-0.15, -0.1) is 0 Å². The summed E-state index contributed by atoms with van der Waals surface area (Å²) in [7, 11) is 0. The summed E-state index contributed by atoms with van der Waals surface area (Å²) in [6.07, 6.45) is 5.00. The number of carboxylic acid groups (broad SMARTS) is 1. The third-order valence-electron chi connectivity index (χ3n) is 9.20. The molecule has 0 saturated carbocycles. The molecule has 3 atom stereocenters. The molecule has 8 nitrogen and oxygen atoms in total. The average Bonchev–Trinajstić information content (AvgIpc) is 3.74. The van der Waals surface area contributed by atoms with Gasteiger partial charge in [-0.25, -0.2) is 4.39 Å². The Kier molecular flexibility index (Phi) is 10.4. The second kappa shape index (κ2) is 14.2. The quantitative estimate of drug-likeness (QED) is 0.318. The molecular formula is C34H45FN2O6. The molecule has 0 unspecified atom stereocenters. The van der Waals surface area contributed by atoms with Crippen LogP contribution in [-0.2, 0) is 25.5 Å². The van der Waals surface area contributed by atoms with Crippen molar-refractivity contribution in [3.05, 3.63) is 58.9 Å². The van der Waals surface area contributed by atoms with Gasteiger partial charge < -0.3 is 24.2 Å². The maximum Gasteiger partial charge on any atom is 0.308 e. The van der Waals surface area contributed by atoms with Crippen molar-refractivity contribution in [1.29, 1.82) is 0 Å². The minimum Gasteiger partial charge on any atom is -0.493 e. The highest BCUT2D eigenvalue weighted by molar-refractivity contribution is 5.95. The van der Waals surface area contributed by atoms with Crippen molar-refractivity contribution in [2.24, 2.45) is 5.92 Å². The van der Waals surface area contributed by atoms with Crippen molar-refractivity contribution in [2.75, 3.05) is 37.8 Å². The second-order valence-corrected chi connectivity index (χ2v) is 12.1. The zero-order valence-electron chi connectivity index (χ0n) is 25.6. The van der Waals surface area contributed by atoms with Crippen LogP contribution in [0.25, 0.3) is 0 Å². The summed E-state index contributed by atoms with van der Waals surface area (Å²) in [5, 5.41) is 10.6. The number of carbonyl (C=O) groups is 2. The molecule has 2 fully saturated rings. The van der Waals surface area contributed by atoms with Crippen LogP contribution >= 0.6 is 0 Å². The SMILES string of the molecule is CCCC(CCC)N(C(=O)CN1C[C@H](c2ccc3c(c2)CCO3)[C@@H](C(=O)O)[C@@H]1CCC1OCCO1)c1ccc(F)c(C)c1. The van der Waals surface area contributed by atoms with Gasteiger partial charge in [0.05, 0.1) is 32.3 Å². The number of fused-ring (bicyclic) bond motifs is 1. The molecule has 3 aliphatic heterocycles. The summed E-state index contributed by atoms with van der Waals surface area (Å²) >= 11 is 0. The number of anilines is 1. The zero-order valence-corrected chi connectivity index (χ0v) is 25.6. The Labute approximate surface area is 254 Å². The van der Waals surface area contributed by atoms with Gasteiger partial charge in [0.25, 0.3) is 0 Å². The van der Waals surface area contributed by atoms with Crippen molar-refractivity contribution >= 4 is 17.6 Å². The lowest BCUT2D eigenvalue weighted by Gasteiger charge is -2.35. The summed E-state index contributed by atoms with van der Waals surface area (Å²) < 4.78 is 31.3. The molecule has 2 aromatic carbocycles. The Hall–Kier alpha value is -3.01. The molecule has 2 saturated heterocycles. The maximum atomic E-state index is 14.3. The summed E-state index contributed by atoms with van der Waals surface area (Å²) in [4.78, 5) is 31.2. The lowest BCUT2D eigenvalue weighted by Crippen LogP contribution is -2.48. The Morgan fingerprint density at radius 3 is 2.47 bits per heavy atom. The summed E-state index contributed by atoms with van der Waals surface area (Å²) in [5.74, 6) is -1.38. The highest BCUT2D eigenvalue weighted by atomic mass is 19.1. The van der Waals surface area contributed by atoms with E-state index in [9.17, 15) is 19.1 Å². The molecule has 1 N–H and O–H groups in total. The third kappa shape index (κ3) is 7.05. The summed E-state index contributed by atoms with van der Waals surface area (Å²) in [5.41, 5.74) is 3.24. The van der Waals surface area contributed by atoms with Gasteiger partial charge in [-0.1, -0.05) is 38.8 Å². The molecule has 3 heterocycles. The molecule has 3 aliphatic rings. The van der Waals surface area contributed by atoms with Crippen LogP contribution in [0.5, 0.6) is 5.75 Å². The van der Waals surface area contributed by atoms with Crippen LogP contribution in [0.1, 0.15) is 75.0 Å². The summed E-state index contributed by atoms with van der Waals surface area (Å²) in [6.45, 7) is 8.14. The number of carboxylic acids is 1. The third-order valence-corrected chi connectivity index (χ3v) is 9.20. The Balaban J connectivity index is 1.46. The Morgan fingerprint density at radius 2 is 1.79 bits per heavy atom. The van der Waals surface area contributed by atoms with Crippen molar-refractivity contribution in [3.8, 4) is 5.75 Å². The van der Waals surface area contributed by atoms with Gasteiger partial charge in [0, 0.05) is 36.7 Å². The van der Waals surface area contributed by atoms with E-state index >= 15 is 0 Å². The van der Waals surface area contributed by atoms with Gasteiger partial charge in [-0.3, -0.25) is 14.5 Å². The normalized spacial score (nSPS) is 22.2. The zero-order chi connectivity index (χ0) is 30.5. The topological polar surface area (TPSA) is 88.5 Å². The number of hydrogen-bond donors (Lipinski definition) is 1. The minimum atomic E-state index is -0.865. The fourth-order valence-corrected chi connectivity index (χ4v) is 7.16. The molecule has 0 spiro atoms. The number of halogens is 1. The van der Waals surface area contributed by atoms with E-state index in [1.54, 1.807) is 19.1 Å². The lowest BCUT2D eigenvalue weighted by atomic mass is 9.83. The van der Waals surface area contributed by atoms with Crippen LogP contribution < -0.4 is 9.64 Å². The van der Waals surface area contributed by atoms with E-state index in [0.717, 1.165) is 49.0 Å². The van der Waals surface area contributed by atoms with Crippen LogP contribution in [0.2, 0.25) is 0 Å². The molecule has 0 bridgehead atoms. The highest BCUT2D eigenvalue weighted by Gasteiger charge is 2.47. The van der Waals surface area contributed by atoms with Crippen molar-refractivity contribution in [1.82, 2.24) is 4.90 Å². The average molecular weight is 597 g/mol. The molecule has 2 aromatic rings. The van der Waals surface area contributed by atoms with E-state index in [2.05, 4.69) is 24.8 Å². The number of amides is 1. The minimum absolute atomic E-state index is 0.0310. The first-order valence-electron chi connectivity index (χ1n) is 15.8. The first-order valence-corrected chi connectivity index (χ1v) is 15.8. The van der Waals surface area contributed by atoms with E-state index in [1.165, 1.54) is 6.07 Å². The largest absolute Gasteiger partial charge is 0.493 e. The molecule has 0 aromatic heterocycles. The first-order chi connectivity index (χ1) is 20.8. The number of aryl methyl sites for hydroxylation is 1. The van der Waals surface area contributed by atoms with Crippen LogP contribution in [-0.4, -0.2) is 73.2 Å². The summed E-state index contributed by atoms with van der Waals surface area (Å²) in [6, 6.07) is 10.4. The van der Waals surface area contributed by atoms with E-state index in [0.29, 0.717) is 50.5 Å². The number of benzene rings is 2. The molecule has 9 heteroatoms. The molecule has 0 aliphatic carbocycles. The van der Waals surface area contributed by atoms with Crippen molar-refractivity contribution in [2.45, 2.75) is 90.0 Å². The van der Waals surface area contributed by atoms with E-state index < -0.39 is 11.9 Å². The van der Waals surface area contributed by atoms with E-state index in [4.69, 9.17) is 14.2 Å². The van der Waals surface area contributed by atoms with Gasteiger partial charge in [0.2, 0.25) is 5.91 Å². The van der Waals surface area contributed by atoms with E-state index in [1.807, 2.05) is 17.0 Å². The van der Waals surface area contributed by atoms with Gasteiger partial charge in [0.15, 0.2) is 6.29 Å². The monoisotopic (exact) mass is 596 g/mol. The Bertz CT molecular complexity index is 1280. The van der Waals surface area contributed by atoms with Gasteiger partial charge in [-0.05, 0) is 73.6 Å². The number of likely N-dealkylation sites (tertiary alicyclic amines) is 1. The number of hydrogen-bond acceptors (Lipinski definition) is 6. The van der Waals surface area contributed by atoms with Gasteiger partial charge in [-0.2, -0.15) is 0 Å². The fourth-order valence-electron chi connectivity index (χ4n) is 7.16. The van der Waals surface area contributed by atoms with Gasteiger partial charge in [0.1, 0.15) is 11.6 Å². The number of aliphatic carboxylic acids is 1. The Morgan fingerprint density at radius 1 is 1.05 bits per heavy atom. The standard InChI is InChI=1S/C34H45FN2O6/c1-4-6-25(7-5-2)37(26-9-10-28(35)22(3)18-26)31(38)21-36-20-27(23-8-12-30-24(19-23)14-15-41-30)33(34(39)40)29(36)11-13-32-42-16-17-43-32/h8-10,12,18-19,25,27,29,32-33H,4-7,11,13-17,20-21H2,1-3H3,(H,39,40)/t27-,29+,33-/m1/s1. The number of rotatable bonds is 13. The van der Waals surface area contributed by atoms with Gasteiger partial charge >= 0.3 is 5.97 Å². The highest BCUT2D eigenvalue weighted by Crippen LogP contribution is 2.42. The molecule has 43 heavy (non-hydrogen) atoms. The molecule has 0 radical (unpaired) electrons. The maximum absolute atomic E-state index is 14.3. The van der Waals surface area contributed by atoms with Crippen molar-refractivity contribution < 1.29 is 33.3 Å². The second-order valence-electron chi connectivity index (χ2n) is 12.1. The molecular weight excluding hydrogens is 551 g/mol. The van der Waals surface area contributed by atoms with Crippen LogP contribution in [0, 0.1) is 18.7 Å². The first kappa shape index (κ1) is 31.4. The fraction of sp³-hybridized carbons (Fsp3) is 0.588. The van der Waals surface area contributed by atoms with Crippen LogP contribution in [0.15, 0.2) is 36.4 Å². The predicted molar refractivity (Wildman–Crippen MR) is 162 cm³/mol. The number of ether oxygens (including phenoxy) is 3. The number of carbonyl (C=O) groups excluding carboxylic acids is 1. The van der Waals surface area contributed by atoms with Crippen molar-refractivity contribution in [3.63, 3.8) is 0 Å². The molecule has 5 rings (SSSR count). The lowest BCUT2D eigenvalue weighted by molar-refractivity contribution is -0.143. The molecule has 1 amide bonds. The molecule has 234 valence electrons.